The Balaban J connectivity index is 2.40. The molecule has 2 aliphatic rings. The Morgan fingerprint density at radius 2 is 1.34 bits per heavy atom. The van der Waals surface area contributed by atoms with Gasteiger partial charge in [-0.15, -0.1) is 0 Å². The van der Waals surface area contributed by atoms with Gasteiger partial charge in [-0.25, -0.2) is 14.6 Å². The van der Waals surface area contributed by atoms with Crippen LogP contribution in [0.3, 0.4) is 0 Å². The average Bonchev–Trinajstić information content (AvgIpc) is 3.21. The molecule has 38 heavy (non-hydrogen) atoms. The van der Waals surface area contributed by atoms with E-state index in [1.165, 1.54) is 0 Å². The fraction of sp³-hybridized carbons (Fsp3) is 0.889. The predicted molar refractivity (Wildman–Crippen MR) is 152 cm³/mol. The van der Waals surface area contributed by atoms with Crippen molar-refractivity contribution in [2.75, 3.05) is 6.54 Å². The van der Waals surface area contributed by atoms with Gasteiger partial charge in [-0.05, 0) is 71.5 Å². The average molecular weight is 557 g/mol. The van der Waals surface area contributed by atoms with Gasteiger partial charge < -0.3 is 13.9 Å². The minimum Gasteiger partial charge on any atom is -0.444 e. The highest BCUT2D eigenvalue weighted by Crippen LogP contribution is 2.46. The van der Waals surface area contributed by atoms with Crippen LogP contribution in [0.15, 0.2) is 4.99 Å². The topological polar surface area (TPSA) is 111 Å². The maximum Gasteiger partial charge on any atom is 0.414 e. The van der Waals surface area contributed by atoms with E-state index in [1.54, 1.807) is 41.5 Å². The lowest BCUT2D eigenvalue weighted by Crippen LogP contribution is -2.54. The summed E-state index contributed by atoms with van der Waals surface area (Å²) < 4.78 is 18.0. The lowest BCUT2D eigenvalue weighted by atomic mass is 10.0. The molecule has 0 aromatic carbocycles. The number of carbonyl (C=O) groups excluding carboxylic acids is 2. The SMILES string of the molecule is CC(C)[Si](O[C@H]1CCN2O[C@@H](C)[C@@H](N=C(NC(=O)OC(C)(C)C)NC(=O)OC(C)(C)C)[C@H]12)(C(C)C)C(C)C. The van der Waals surface area contributed by atoms with Gasteiger partial charge in [0.1, 0.15) is 23.3 Å². The van der Waals surface area contributed by atoms with Gasteiger partial charge in [0.25, 0.3) is 0 Å². The number of nitrogens with one attached hydrogen (secondary N) is 2. The second-order valence-electron chi connectivity index (χ2n) is 13.4. The Labute approximate surface area is 230 Å². The molecule has 0 aliphatic carbocycles. The van der Waals surface area contributed by atoms with Gasteiger partial charge in [0, 0.05) is 6.54 Å². The number of amides is 2. The van der Waals surface area contributed by atoms with Crippen LogP contribution in [-0.4, -0.2) is 73.6 Å². The van der Waals surface area contributed by atoms with E-state index in [0.717, 1.165) is 13.0 Å². The van der Waals surface area contributed by atoms with E-state index < -0.39 is 31.7 Å². The number of hydrogen-bond donors (Lipinski definition) is 2. The monoisotopic (exact) mass is 556 g/mol. The molecule has 2 aliphatic heterocycles. The molecular formula is C27H52N4O6Si. The third-order valence-corrected chi connectivity index (χ3v) is 13.2. The third kappa shape index (κ3) is 8.16. The Morgan fingerprint density at radius 1 is 0.895 bits per heavy atom. The van der Waals surface area contributed by atoms with Crippen molar-refractivity contribution in [3.63, 3.8) is 0 Å². The molecule has 2 rings (SSSR count). The molecule has 0 saturated carbocycles. The molecule has 0 aromatic rings. The summed E-state index contributed by atoms with van der Waals surface area (Å²) in [5, 5.41) is 7.17. The van der Waals surface area contributed by atoms with E-state index >= 15 is 0 Å². The fourth-order valence-electron chi connectivity index (χ4n) is 5.85. The van der Waals surface area contributed by atoms with Crippen molar-refractivity contribution >= 4 is 26.5 Å². The van der Waals surface area contributed by atoms with E-state index in [1.807, 2.05) is 12.0 Å². The van der Waals surface area contributed by atoms with Crippen LogP contribution in [0.4, 0.5) is 9.59 Å². The zero-order chi connectivity index (χ0) is 29.2. The summed E-state index contributed by atoms with van der Waals surface area (Å²) in [5.74, 6) is -0.0402. The molecule has 2 fully saturated rings. The number of alkyl carbamates (subject to hydrolysis) is 2. The zero-order valence-corrected chi connectivity index (χ0v) is 26.8. The van der Waals surface area contributed by atoms with Crippen LogP contribution in [-0.2, 0) is 18.7 Å². The molecule has 11 heteroatoms. The van der Waals surface area contributed by atoms with E-state index in [0.29, 0.717) is 16.6 Å². The first-order valence-electron chi connectivity index (χ1n) is 14.0. The summed E-state index contributed by atoms with van der Waals surface area (Å²) >= 11 is 0. The number of aliphatic imine (C=N–C) groups is 1. The number of rotatable bonds is 6. The van der Waals surface area contributed by atoms with Gasteiger partial charge in [-0.2, -0.15) is 5.06 Å². The molecule has 0 radical (unpaired) electrons. The molecule has 4 atom stereocenters. The molecule has 0 unspecified atom stereocenters. The van der Waals surface area contributed by atoms with Gasteiger partial charge in [0.15, 0.2) is 0 Å². The first kappa shape index (κ1) is 32.5. The molecule has 2 N–H and O–H groups in total. The van der Waals surface area contributed by atoms with E-state index in [9.17, 15) is 9.59 Å². The van der Waals surface area contributed by atoms with Crippen molar-refractivity contribution in [3.05, 3.63) is 0 Å². The van der Waals surface area contributed by atoms with Crippen LogP contribution in [0.2, 0.25) is 16.6 Å². The van der Waals surface area contributed by atoms with E-state index in [2.05, 4.69) is 52.2 Å². The summed E-state index contributed by atoms with van der Waals surface area (Å²) in [6.07, 6.45) is -0.965. The van der Waals surface area contributed by atoms with Crippen LogP contribution in [0.1, 0.15) is 96.4 Å². The quantitative estimate of drug-likeness (QED) is 0.244. The Morgan fingerprint density at radius 3 is 1.74 bits per heavy atom. The summed E-state index contributed by atoms with van der Waals surface area (Å²) in [7, 11) is -2.16. The molecule has 2 heterocycles. The molecular weight excluding hydrogens is 504 g/mol. The summed E-state index contributed by atoms with van der Waals surface area (Å²) in [6.45, 7) is 26.9. The number of nitrogens with zero attached hydrogens (tertiary/aromatic N) is 2. The van der Waals surface area contributed by atoms with E-state index in [-0.39, 0.29) is 30.3 Å². The standard InChI is InChI=1S/C27H52N4O6Si/c1-16(2)38(17(3)4,18(5)6)37-20-14-15-31-22(20)21(19(7)36-31)28-23(29-24(32)34-26(8,9)10)30-25(33)35-27(11,12)13/h16-22H,14-15H2,1-13H3,(H2,28,29,30,32,33)/t19-,20-,21+,22-/m0/s1. The molecule has 10 nitrogen and oxygen atoms in total. The number of guanidine groups is 1. The second kappa shape index (κ2) is 12.2. The predicted octanol–water partition coefficient (Wildman–Crippen LogP) is 5.73. The van der Waals surface area contributed by atoms with Crippen LogP contribution >= 0.6 is 0 Å². The van der Waals surface area contributed by atoms with Gasteiger partial charge >= 0.3 is 12.2 Å². The minimum absolute atomic E-state index is 0.0402. The molecule has 2 amide bonds. The first-order chi connectivity index (χ1) is 17.3. The lowest BCUT2D eigenvalue weighted by Gasteiger charge is -2.45. The summed E-state index contributed by atoms with van der Waals surface area (Å²) in [6, 6.07) is -0.537. The lowest BCUT2D eigenvalue weighted by molar-refractivity contribution is -0.146. The maximum atomic E-state index is 12.6. The largest absolute Gasteiger partial charge is 0.444 e. The molecule has 2 saturated heterocycles. The highest BCUT2D eigenvalue weighted by molar-refractivity contribution is 6.77. The zero-order valence-electron chi connectivity index (χ0n) is 25.8. The fourth-order valence-corrected chi connectivity index (χ4v) is 11.5. The third-order valence-electron chi connectivity index (χ3n) is 7.06. The van der Waals surface area contributed by atoms with Crippen molar-refractivity contribution in [1.82, 2.24) is 15.7 Å². The molecule has 0 bridgehead atoms. The van der Waals surface area contributed by atoms with Crippen molar-refractivity contribution < 1.29 is 28.3 Å². The Hall–Kier alpha value is -1.69. The number of hydrogen-bond acceptors (Lipinski definition) is 8. The molecule has 0 spiro atoms. The number of hydroxylamine groups is 2. The van der Waals surface area contributed by atoms with Crippen molar-refractivity contribution in [1.29, 1.82) is 0 Å². The normalized spacial score (nSPS) is 24.5. The smallest absolute Gasteiger partial charge is 0.414 e. The van der Waals surface area contributed by atoms with Crippen molar-refractivity contribution in [2.24, 2.45) is 4.99 Å². The Bertz CT molecular complexity index is 811. The highest BCUT2D eigenvalue weighted by atomic mass is 28.4. The van der Waals surface area contributed by atoms with Gasteiger partial charge in [-0.3, -0.25) is 15.5 Å². The van der Waals surface area contributed by atoms with Crippen LogP contribution in [0.25, 0.3) is 0 Å². The minimum atomic E-state index is -2.16. The van der Waals surface area contributed by atoms with Gasteiger partial charge in [-0.1, -0.05) is 41.5 Å². The number of carbonyl (C=O) groups is 2. The van der Waals surface area contributed by atoms with Crippen LogP contribution < -0.4 is 10.6 Å². The van der Waals surface area contributed by atoms with Crippen LogP contribution in [0.5, 0.6) is 0 Å². The molecule has 220 valence electrons. The first-order valence-corrected chi connectivity index (χ1v) is 16.1. The number of ether oxygens (including phenoxy) is 2. The van der Waals surface area contributed by atoms with Crippen molar-refractivity contribution in [3.8, 4) is 0 Å². The van der Waals surface area contributed by atoms with Gasteiger partial charge in [0.05, 0.1) is 12.1 Å². The Kier molecular flexibility index (Phi) is 10.5. The van der Waals surface area contributed by atoms with Crippen LogP contribution in [0, 0.1) is 0 Å². The second-order valence-corrected chi connectivity index (χ2v) is 18.8. The number of fused-ring (bicyclic) bond motifs is 1. The van der Waals surface area contributed by atoms with Crippen molar-refractivity contribution in [2.45, 2.75) is 149 Å². The summed E-state index contributed by atoms with van der Waals surface area (Å²) in [4.78, 5) is 36.2. The highest BCUT2D eigenvalue weighted by Gasteiger charge is 2.54. The summed E-state index contributed by atoms with van der Waals surface area (Å²) in [5.41, 5.74) is -0.112. The van der Waals surface area contributed by atoms with E-state index in [4.69, 9.17) is 23.7 Å². The maximum absolute atomic E-state index is 12.6. The van der Waals surface area contributed by atoms with Gasteiger partial charge in [0.2, 0.25) is 14.3 Å². The molecule has 0 aromatic heterocycles.